The molecule has 4 rings (SSSR count). The molecule has 6 heteroatoms. The van der Waals surface area contributed by atoms with E-state index in [4.69, 9.17) is 4.40 Å². The van der Waals surface area contributed by atoms with Crippen molar-refractivity contribution in [2.45, 2.75) is 4.90 Å². The molecule has 0 amide bonds. The lowest BCUT2D eigenvalue weighted by Crippen LogP contribution is -2.13. The molecule has 0 heterocycles. The first-order chi connectivity index (χ1) is 14.6. The zero-order chi connectivity index (χ0) is 20.9. The van der Waals surface area contributed by atoms with Crippen LogP contribution in [0.25, 0.3) is 11.1 Å². The lowest BCUT2D eigenvalue weighted by molar-refractivity contribution is -0.384. The maximum Gasteiger partial charge on any atom is 0.269 e. The first-order valence-electron chi connectivity index (χ1n) is 9.20. The second kappa shape index (κ2) is 8.71. The Morgan fingerprint density at radius 3 is 1.70 bits per heavy atom. The van der Waals surface area contributed by atoms with Crippen LogP contribution in [0.3, 0.4) is 0 Å². The predicted molar refractivity (Wildman–Crippen MR) is 120 cm³/mol. The zero-order valence-electron chi connectivity index (χ0n) is 15.8. The number of hydrogen-bond acceptors (Lipinski definition) is 5. The number of allylic oxidation sites excluding steroid dienone is 4. The van der Waals surface area contributed by atoms with Gasteiger partial charge in [0.2, 0.25) is 0 Å². The van der Waals surface area contributed by atoms with E-state index in [1.54, 1.807) is 24.3 Å². The molecule has 0 saturated heterocycles. The van der Waals surface area contributed by atoms with Crippen molar-refractivity contribution in [3.05, 3.63) is 118 Å². The van der Waals surface area contributed by atoms with Crippen LogP contribution in [0.2, 0.25) is 0 Å². The average molecular weight is 412 g/mol. The summed E-state index contributed by atoms with van der Waals surface area (Å²) in [6, 6.07) is 25.5. The quantitative estimate of drug-likeness (QED) is 0.230. The van der Waals surface area contributed by atoms with E-state index in [9.17, 15) is 14.9 Å². The first kappa shape index (κ1) is 19.5. The highest BCUT2D eigenvalue weighted by Gasteiger charge is 2.22. The van der Waals surface area contributed by atoms with Crippen LogP contribution in [-0.2, 0) is 4.79 Å². The summed E-state index contributed by atoms with van der Waals surface area (Å²) in [6.45, 7) is 0. The van der Waals surface area contributed by atoms with Gasteiger partial charge in [-0.3, -0.25) is 14.9 Å². The zero-order valence-corrected chi connectivity index (χ0v) is 16.6. The predicted octanol–water partition coefficient (Wildman–Crippen LogP) is 5.79. The van der Waals surface area contributed by atoms with Crippen molar-refractivity contribution >= 4 is 40.3 Å². The molecule has 3 aromatic carbocycles. The fourth-order valence-corrected chi connectivity index (χ4v) is 3.76. The Labute approximate surface area is 177 Å². The summed E-state index contributed by atoms with van der Waals surface area (Å²) in [5.74, 6) is -0.0907. The monoisotopic (exact) mass is 412 g/mol. The smallest absolute Gasteiger partial charge is 0.269 e. The Balaban J connectivity index is 1.76. The van der Waals surface area contributed by atoms with E-state index in [1.807, 2.05) is 60.7 Å². The number of nitro benzene ring substituents is 1. The lowest BCUT2D eigenvalue weighted by atomic mass is 9.87. The number of nitrogens with zero attached hydrogens (tertiary/aromatic N) is 2. The third-order valence-electron chi connectivity index (χ3n) is 4.54. The van der Waals surface area contributed by atoms with Gasteiger partial charge < -0.3 is 0 Å². The summed E-state index contributed by atoms with van der Waals surface area (Å²) >= 11 is 1.22. The third-order valence-corrected chi connectivity index (χ3v) is 5.30. The number of carbonyl (C=O) groups excluding carboxylic acids is 1. The number of benzene rings is 3. The van der Waals surface area contributed by atoms with Gasteiger partial charge in [0.05, 0.1) is 10.6 Å². The van der Waals surface area contributed by atoms with E-state index in [1.165, 1.54) is 24.1 Å². The molecule has 146 valence electrons. The second-order valence-corrected chi connectivity index (χ2v) is 7.37. The molecule has 0 spiro atoms. The van der Waals surface area contributed by atoms with Crippen LogP contribution in [-0.4, -0.2) is 16.4 Å². The van der Waals surface area contributed by atoms with Gasteiger partial charge in [0.25, 0.3) is 5.69 Å². The van der Waals surface area contributed by atoms with Gasteiger partial charge in [-0.15, -0.1) is 0 Å². The molecule has 0 N–H and O–H groups in total. The molecule has 0 atom stereocenters. The van der Waals surface area contributed by atoms with Crippen LogP contribution < -0.4 is 0 Å². The van der Waals surface area contributed by atoms with Crippen molar-refractivity contribution in [1.29, 1.82) is 0 Å². The van der Waals surface area contributed by atoms with Crippen molar-refractivity contribution in [2.24, 2.45) is 4.40 Å². The van der Waals surface area contributed by atoms with Gasteiger partial charge >= 0.3 is 0 Å². The van der Waals surface area contributed by atoms with E-state index in [0.29, 0.717) is 5.71 Å². The molecule has 0 bridgehead atoms. The largest absolute Gasteiger partial charge is 0.290 e. The number of hydrogen-bond donors (Lipinski definition) is 0. The maximum absolute atomic E-state index is 12.5. The molecule has 0 aromatic heterocycles. The van der Waals surface area contributed by atoms with Gasteiger partial charge in [0.15, 0.2) is 5.78 Å². The van der Waals surface area contributed by atoms with Crippen molar-refractivity contribution in [1.82, 2.24) is 0 Å². The molecule has 0 fully saturated rings. The molecule has 1 aliphatic rings. The molecule has 0 aliphatic heterocycles. The Bertz CT molecular complexity index is 1120. The van der Waals surface area contributed by atoms with Gasteiger partial charge in [-0.25, -0.2) is 4.40 Å². The highest BCUT2D eigenvalue weighted by molar-refractivity contribution is 7.98. The molecule has 0 unspecified atom stereocenters. The Hall–Kier alpha value is -3.77. The van der Waals surface area contributed by atoms with Gasteiger partial charge in [0.1, 0.15) is 0 Å². The minimum atomic E-state index is -0.431. The van der Waals surface area contributed by atoms with E-state index in [0.717, 1.165) is 27.2 Å². The third kappa shape index (κ3) is 4.29. The number of non-ortho nitro benzene ring substituents is 1. The topological polar surface area (TPSA) is 72.6 Å². The number of carbonyl (C=O) groups is 1. The van der Waals surface area contributed by atoms with E-state index in [-0.39, 0.29) is 11.5 Å². The summed E-state index contributed by atoms with van der Waals surface area (Å²) in [5.41, 5.74) is 4.01. The summed E-state index contributed by atoms with van der Waals surface area (Å²) < 4.78 is 4.75. The maximum atomic E-state index is 12.5. The van der Waals surface area contributed by atoms with Crippen molar-refractivity contribution in [3.63, 3.8) is 0 Å². The molecular weight excluding hydrogens is 396 g/mol. The van der Waals surface area contributed by atoms with Gasteiger partial charge in [-0.05, 0) is 35.4 Å². The van der Waals surface area contributed by atoms with Crippen LogP contribution in [0.15, 0.2) is 106 Å². The molecule has 5 nitrogen and oxygen atoms in total. The van der Waals surface area contributed by atoms with Crippen molar-refractivity contribution in [3.8, 4) is 0 Å². The highest BCUT2D eigenvalue weighted by Crippen LogP contribution is 2.33. The minimum Gasteiger partial charge on any atom is -0.290 e. The Morgan fingerprint density at radius 2 is 1.23 bits per heavy atom. The van der Waals surface area contributed by atoms with Crippen LogP contribution in [0, 0.1) is 10.1 Å². The summed E-state index contributed by atoms with van der Waals surface area (Å²) in [6.07, 6.45) is 3.19. The van der Waals surface area contributed by atoms with Crippen molar-refractivity contribution in [2.75, 3.05) is 0 Å². The normalized spacial score (nSPS) is 13.5. The van der Waals surface area contributed by atoms with E-state index >= 15 is 0 Å². The molecule has 0 radical (unpaired) electrons. The van der Waals surface area contributed by atoms with E-state index < -0.39 is 4.92 Å². The van der Waals surface area contributed by atoms with Crippen LogP contribution in [0.1, 0.15) is 11.1 Å². The van der Waals surface area contributed by atoms with Gasteiger partial charge in [-0.1, -0.05) is 60.7 Å². The van der Waals surface area contributed by atoms with Gasteiger partial charge in [0, 0.05) is 40.1 Å². The van der Waals surface area contributed by atoms with Crippen LogP contribution >= 0.6 is 11.9 Å². The molecule has 0 saturated carbocycles. The molecule has 3 aromatic rings. The molecular formula is C24H16N2O3S. The van der Waals surface area contributed by atoms with Crippen LogP contribution in [0.4, 0.5) is 5.69 Å². The first-order valence-corrected chi connectivity index (χ1v) is 9.97. The summed E-state index contributed by atoms with van der Waals surface area (Å²) in [7, 11) is 0. The number of nitro groups is 1. The Morgan fingerprint density at radius 1 is 0.733 bits per heavy atom. The fourth-order valence-electron chi connectivity index (χ4n) is 3.11. The number of rotatable bonds is 5. The Kier molecular flexibility index (Phi) is 5.68. The van der Waals surface area contributed by atoms with E-state index in [2.05, 4.69) is 0 Å². The summed E-state index contributed by atoms with van der Waals surface area (Å²) in [4.78, 5) is 23.7. The van der Waals surface area contributed by atoms with Crippen LogP contribution in [0.5, 0.6) is 0 Å². The standard InChI is InChI=1S/C24H16N2O3S/c27-20-15-22(17-7-3-1-4-8-17)24(23(16-20)18-9-5-2-6-10-18)25-30-21-13-11-19(12-14-21)26(28)29/h1-16H. The SMILES string of the molecule is O=C1C=C(c2ccccc2)C(=NSc2ccc([N+](=O)[O-])cc2)C(c2ccccc2)=C1. The fraction of sp³-hybridized carbons (Fsp3) is 0. The van der Waals surface area contributed by atoms with Gasteiger partial charge in [-0.2, -0.15) is 0 Å². The lowest BCUT2D eigenvalue weighted by Gasteiger charge is -2.18. The average Bonchev–Trinajstić information content (AvgIpc) is 2.79. The molecule has 1 aliphatic carbocycles. The minimum absolute atomic E-state index is 0.0324. The highest BCUT2D eigenvalue weighted by atomic mass is 32.2. The second-order valence-electron chi connectivity index (χ2n) is 6.53. The van der Waals surface area contributed by atoms with Crippen molar-refractivity contribution < 1.29 is 9.72 Å². The summed E-state index contributed by atoms with van der Waals surface area (Å²) in [5, 5.41) is 10.9. The molecule has 30 heavy (non-hydrogen) atoms. The number of ketones is 1.